The van der Waals surface area contributed by atoms with Gasteiger partial charge in [-0.3, -0.25) is 9.59 Å². The molecule has 2 aliphatic heterocycles. The molecule has 3 heterocycles. The van der Waals surface area contributed by atoms with Gasteiger partial charge in [0.1, 0.15) is 6.61 Å². The van der Waals surface area contributed by atoms with Crippen LogP contribution in [-0.2, 0) is 30.6 Å². The standard InChI is InChI=1S/C15H20N2O5S2/c1-22-7-15(19)17-4-3-16(12-9-24(20,21)10-13(12)17)14(18)6-11-2-5-23-8-11/h2,5,8,12-13H,3-4,6-7,9-10H2,1H3/t12-,13+/m0/s1. The lowest BCUT2D eigenvalue weighted by Gasteiger charge is -2.43. The fourth-order valence-corrected chi connectivity index (χ4v) is 6.10. The van der Waals surface area contributed by atoms with Crippen LogP contribution in [-0.4, -0.2) is 80.4 Å². The number of piperazine rings is 1. The molecule has 2 saturated heterocycles. The summed E-state index contributed by atoms with van der Waals surface area (Å²) in [6, 6.07) is 0.956. The van der Waals surface area contributed by atoms with E-state index in [9.17, 15) is 18.0 Å². The average Bonchev–Trinajstić information content (AvgIpc) is 3.11. The van der Waals surface area contributed by atoms with Crippen molar-refractivity contribution in [1.29, 1.82) is 0 Å². The van der Waals surface area contributed by atoms with Crippen LogP contribution in [0, 0.1) is 0 Å². The first-order valence-electron chi connectivity index (χ1n) is 7.70. The lowest BCUT2D eigenvalue weighted by Crippen LogP contribution is -2.62. The number of amides is 2. The van der Waals surface area contributed by atoms with Crippen LogP contribution in [0.1, 0.15) is 5.56 Å². The number of methoxy groups -OCH3 is 1. The molecule has 0 spiro atoms. The Balaban J connectivity index is 1.79. The number of sulfone groups is 1. The van der Waals surface area contributed by atoms with Gasteiger partial charge in [-0.15, -0.1) is 0 Å². The summed E-state index contributed by atoms with van der Waals surface area (Å²) in [4.78, 5) is 28.0. The Morgan fingerprint density at radius 2 is 1.83 bits per heavy atom. The van der Waals surface area contributed by atoms with Gasteiger partial charge in [0.25, 0.3) is 0 Å². The molecule has 132 valence electrons. The number of carbonyl (C=O) groups is 2. The van der Waals surface area contributed by atoms with Crippen LogP contribution in [0.25, 0.3) is 0 Å². The van der Waals surface area contributed by atoms with Gasteiger partial charge in [0.2, 0.25) is 11.8 Å². The van der Waals surface area contributed by atoms with E-state index in [1.807, 2.05) is 16.8 Å². The smallest absolute Gasteiger partial charge is 0.248 e. The Kier molecular flexibility index (Phi) is 4.93. The van der Waals surface area contributed by atoms with Crippen molar-refractivity contribution in [3.8, 4) is 0 Å². The molecule has 24 heavy (non-hydrogen) atoms. The topological polar surface area (TPSA) is 84.0 Å². The Labute approximate surface area is 145 Å². The molecule has 2 atom stereocenters. The van der Waals surface area contributed by atoms with Crippen LogP contribution in [0.2, 0.25) is 0 Å². The van der Waals surface area contributed by atoms with E-state index in [0.717, 1.165) is 5.56 Å². The summed E-state index contributed by atoms with van der Waals surface area (Å²) in [7, 11) is -1.83. The fourth-order valence-electron chi connectivity index (χ4n) is 3.45. The lowest BCUT2D eigenvalue weighted by atomic mass is 10.0. The summed E-state index contributed by atoms with van der Waals surface area (Å²) < 4.78 is 29.1. The number of nitrogens with zero attached hydrogens (tertiary/aromatic N) is 2. The summed E-state index contributed by atoms with van der Waals surface area (Å²) in [5.41, 5.74) is 0.931. The molecule has 2 fully saturated rings. The summed E-state index contributed by atoms with van der Waals surface area (Å²) in [5, 5.41) is 3.83. The maximum atomic E-state index is 12.6. The highest BCUT2D eigenvalue weighted by Crippen LogP contribution is 2.28. The molecule has 0 unspecified atom stereocenters. The maximum Gasteiger partial charge on any atom is 0.248 e. The molecule has 0 N–H and O–H groups in total. The highest BCUT2D eigenvalue weighted by atomic mass is 32.2. The van der Waals surface area contributed by atoms with Crippen molar-refractivity contribution >= 4 is 33.0 Å². The van der Waals surface area contributed by atoms with Crippen molar-refractivity contribution in [2.24, 2.45) is 0 Å². The van der Waals surface area contributed by atoms with Gasteiger partial charge in [0.05, 0.1) is 30.0 Å². The Bertz CT molecular complexity index is 716. The predicted molar refractivity (Wildman–Crippen MR) is 89.6 cm³/mol. The van der Waals surface area contributed by atoms with Crippen LogP contribution < -0.4 is 0 Å². The van der Waals surface area contributed by atoms with E-state index in [4.69, 9.17) is 4.74 Å². The molecule has 7 nitrogen and oxygen atoms in total. The van der Waals surface area contributed by atoms with Crippen molar-refractivity contribution in [1.82, 2.24) is 9.80 Å². The van der Waals surface area contributed by atoms with Crippen molar-refractivity contribution in [3.05, 3.63) is 22.4 Å². The first kappa shape index (κ1) is 17.4. The van der Waals surface area contributed by atoms with E-state index in [1.54, 1.807) is 9.80 Å². The van der Waals surface area contributed by atoms with Crippen molar-refractivity contribution in [2.45, 2.75) is 18.5 Å². The normalized spacial score (nSPS) is 25.5. The largest absolute Gasteiger partial charge is 0.375 e. The number of thiophene rings is 1. The number of hydrogen-bond acceptors (Lipinski definition) is 6. The van der Waals surface area contributed by atoms with Gasteiger partial charge < -0.3 is 14.5 Å². The molecule has 0 bridgehead atoms. The van der Waals surface area contributed by atoms with E-state index >= 15 is 0 Å². The number of fused-ring (bicyclic) bond motifs is 1. The summed E-state index contributed by atoms with van der Waals surface area (Å²) in [6.45, 7) is 0.621. The third kappa shape index (κ3) is 3.47. The third-order valence-electron chi connectivity index (χ3n) is 4.52. The third-order valence-corrected chi connectivity index (χ3v) is 6.95. The predicted octanol–water partition coefficient (Wildman–Crippen LogP) is -0.227. The second-order valence-electron chi connectivity index (χ2n) is 6.13. The van der Waals surface area contributed by atoms with Crippen molar-refractivity contribution < 1.29 is 22.7 Å². The van der Waals surface area contributed by atoms with Crippen LogP contribution in [0.4, 0.5) is 0 Å². The molecule has 0 saturated carbocycles. The van der Waals surface area contributed by atoms with Gasteiger partial charge in [-0.1, -0.05) is 0 Å². The van der Waals surface area contributed by atoms with Crippen LogP contribution >= 0.6 is 11.3 Å². The molecule has 0 aliphatic carbocycles. The second-order valence-corrected chi connectivity index (χ2v) is 9.06. The van der Waals surface area contributed by atoms with Gasteiger partial charge in [-0.2, -0.15) is 11.3 Å². The minimum absolute atomic E-state index is 0.0773. The minimum atomic E-state index is -3.27. The van der Waals surface area contributed by atoms with E-state index < -0.39 is 21.9 Å². The zero-order valence-electron chi connectivity index (χ0n) is 13.4. The summed E-state index contributed by atoms with van der Waals surface area (Å²) in [6.07, 6.45) is 0.263. The Hall–Kier alpha value is -1.45. The molecule has 9 heteroatoms. The quantitative estimate of drug-likeness (QED) is 0.729. The lowest BCUT2D eigenvalue weighted by molar-refractivity contribution is -0.147. The molecular formula is C15H20N2O5S2. The molecule has 0 radical (unpaired) electrons. The summed E-state index contributed by atoms with van der Waals surface area (Å²) >= 11 is 1.52. The van der Waals surface area contributed by atoms with Crippen molar-refractivity contribution in [2.75, 3.05) is 38.3 Å². The number of hydrogen-bond donors (Lipinski definition) is 0. The van der Waals surface area contributed by atoms with E-state index in [2.05, 4.69) is 0 Å². The van der Waals surface area contributed by atoms with Gasteiger partial charge in [0.15, 0.2) is 9.84 Å². The highest BCUT2D eigenvalue weighted by molar-refractivity contribution is 7.91. The number of ether oxygens (including phenoxy) is 1. The number of rotatable bonds is 4. The second kappa shape index (κ2) is 6.81. The molecule has 1 aromatic heterocycles. The summed E-state index contributed by atoms with van der Waals surface area (Å²) in [5.74, 6) is -0.479. The van der Waals surface area contributed by atoms with Crippen molar-refractivity contribution in [3.63, 3.8) is 0 Å². The van der Waals surface area contributed by atoms with E-state index in [0.29, 0.717) is 13.1 Å². The van der Waals surface area contributed by atoms with Crippen LogP contribution in [0.3, 0.4) is 0 Å². The molecule has 2 amide bonds. The first-order chi connectivity index (χ1) is 11.4. The molecule has 2 aliphatic rings. The maximum absolute atomic E-state index is 12.6. The Morgan fingerprint density at radius 1 is 1.21 bits per heavy atom. The van der Waals surface area contributed by atoms with Crippen LogP contribution in [0.5, 0.6) is 0 Å². The van der Waals surface area contributed by atoms with Crippen LogP contribution in [0.15, 0.2) is 16.8 Å². The van der Waals surface area contributed by atoms with Gasteiger partial charge in [-0.25, -0.2) is 8.42 Å². The monoisotopic (exact) mass is 372 g/mol. The highest BCUT2D eigenvalue weighted by Gasteiger charge is 2.49. The van der Waals surface area contributed by atoms with E-state index in [-0.39, 0.29) is 36.3 Å². The molecular weight excluding hydrogens is 352 g/mol. The molecule has 3 rings (SSSR count). The van der Waals surface area contributed by atoms with E-state index in [1.165, 1.54) is 18.4 Å². The molecule has 1 aromatic rings. The molecule has 0 aromatic carbocycles. The number of carbonyl (C=O) groups excluding carboxylic acids is 2. The van der Waals surface area contributed by atoms with Gasteiger partial charge in [0, 0.05) is 20.2 Å². The Morgan fingerprint density at radius 3 is 2.38 bits per heavy atom. The average molecular weight is 372 g/mol. The van der Waals surface area contributed by atoms with Gasteiger partial charge in [-0.05, 0) is 22.4 Å². The fraction of sp³-hybridized carbons (Fsp3) is 0.600. The zero-order valence-corrected chi connectivity index (χ0v) is 15.0. The minimum Gasteiger partial charge on any atom is -0.375 e. The van der Waals surface area contributed by atoms with Gasteiger partial charge >= 0.3 is 0 Å². The zero-order chi connectivity index (χ0) is 17.3. The SMILES string of the molecule is COCC(=O)N1CCN(C(=O)Cc2ccsc2)[C@H]2CS(=O)(=O)C[C@H]21. The first-order valence-corrected chi connectivity index (χ1v) is 10.5.